The predicted molar refractivity (Wildman–Crippen MR) is 249 cm³/mol. The van der Waals surface area contributed by atoms with Gasteiger partial charge in [-0.1, -0.05) is 6.92 Å². The van der Waals surface area contributed by atoms with Crippen LogP contribution in [0.25, 0.3) is 33.2 Å². The van der Waals surface area contributed by atoms with Crippen LogP contribution in [0.15, 0.2) is 126 Å². The maximum atomic E-state index is 13.3. The molecule has 6 heterocycles. The van der Waals surface area contributed by atoms with Crippen LogP contribution in [0.3, 0.4) is 0 Å². The van der Waals surface area contributed by atoms with Crippen LogP contribution >= 0.6 is 0 Å². The monoisotopic (exact) mass is 965 g/mol. The van der Waals surface area contributed by atoms with Crippen molar-refractivity contribution in [1.29, 1.82) is 0 Å². The number of nitrogens with zero attached hydrogens (tertiary/aromatic N) is 8. The van der Waals surface area contributed by atoms with Crippen molar-refractivity contribution < 1.29 is 40.3 Å². The molecule has 0 spiro atoms. The number of nitrogens with one attached hydrogen (secondary N) is 3. The molecule has 1 atom stereocenters. The van der Waals surface area contributed by atoms with Crippen LogP contribution in [0.1, 0.15) is 65.1 Å². The van der Waals surface area contributed by atoms with Crippen molar-refractivity contribution in [1.82, 2.24) is 50.1 Å². The lowest BCUT2D eigenvalue weighted by Gasteiger charge is -2.19. The Hall–Kier alpha value is -7.56. The van der Waals surface area contributed by atoms with Crippen molar-refractivity contribution in [2.24, 2.45) is 0 Å². The highest BCUT2D eigenvalue weighted by Crippen LogP contribution is 2.25. The van der Waals surface area contributed by atoms with E-state index in [9.17, 15) is 40.3 Å². The van der Waals surface area contributed by atoms with Gasteiger partial charge in [0.05, 0.1) is 70.0 Å². The second-order valence-electron chi connectivity index (χ2n) is 16.3. The standard InChI is InChI=1S/C24H25FN6O4S.C22H20FN5O3S/c1-24(2,33)14-28-21-8-15(9-22(30-21)36(3,34)35)10-27-23(32)19-11-26-13-20-18(19)12-29-31(20)17-6-4-16(25)5-7-17;1-3-19(14-8-9-25-21(10-14)32(2,30)31)27-22(29)18-11-24-13-20-17(18)12-26-28(20)16-6-4-15(23)5-7-16/h4-9,11-13,33H,10,14H2,1-3H3,(H,27,32)(H,28,30);4-13,19H,3H2,1-2H3,(H,27,29)/t;19-/m.0/s1. The first kappa shape index (κ1) is 48.4. The topological polar surface area (TPSA) is 246 Å². The summed E-state index contributed by atoms with van der Waals surface area (Å²) in [5.74, 6) is -1.28. The third-order valence-corrected chi connectivity index (χ3v) is 12.2. The van der Waals surface area contributed by atoms with Crippen molar-refractivity contribution >= 4 is 59.1 Å². The van der Waals surface area contributed by atoms with Gasteiger partial charge in [-0.15, -0.1) is 0 Å². The number of hydrogen-bond acceptors (Lipinski definition) is 14. The second kappa shape index (κ2) is 19.7. The zero-order valence-corrected chi connectivity index (χ0v) is 38.8. The molecule has 18 nitrogen and oxygen atoms in total. The normalized spacial score (nSPS) is 12.3. The predicted octanol–water partition coefficient (Wildman–Crippen LogP) is 5.71. The van der Waals surface area contributed by atoms with E-state index in [2.05, 4.69) is 46.1 Å². The highest BCUT2D eigenvalue weighted by atomic mass is 32.2. The number of fused-ring (bicyclic) bond motifs is 2. The number of benzene rings is 2. The van der Waals surface area contributed by atoms with E-state index in [0.29, 0.717) is 56.3 Å². The Morgan fingerprint density at radius 2 is 1.25 bits per heavy atom. The van der Waals surface area contributed by atoms with Crippen LogP contribution < -0.4 is 16.0 Å². The number of hydrogen-bond donors (Lipinski definition) is 4. The molecule has 8 rings (SSSR count). The molecule has 0 radical (unpaired) electrons. The Balaban J connectivity index is 0.000000203. The molecule has 4 N–H and O–H groups in total. The molecule has 2 amide bonds. The third kappa shape index (κ3) is 11.5. The van der Waals surface area contributed by atoms with E-state index in [0.717, 1.165) is 12.5 Å². The van der Waals surface area contributed by atoms with E-state index in [1.807, 2.05) is 6.92 Å². The van der Waals surface area contributed by atoms with Gasteiger partial charge >= 0.3 is 0 Å². The lowest BCUT2D eigenvalue weighted by Crippen LogP contribution is -2.30. The number of carbonyl (C=O) groups is 2. The summed E-state index contributed by atoms with van der Waals surface area (Å²) >= 11 is 0. The molecule has 0 saturated heterocycles. The summed E-state index contributed by atoms with van der Waals surface area (Å²) in [6.45, 7) is 5.26. The molecular formula is C46H45F2N11O7S2. The van der Waals surface area contributed by atoms with Gasteiger partial charge < -0.3 is 21.1 Å². The Morgan fingerprint density at radius 3 is 1.75 bits per heavy atom. The first-order valence-electron chi connectivity index (χ1n) is 20.8. The minimum atomic E-state index is -3.62. The lowest BCUT2D eigenvalue weighted by molar-refractivity contribution is 0.0931. The molecule has 0 bridgehead atoms. The minimum Gasteiger partial charge on any atom is -0.389 e. The third-order valence-electron chi connectivity index (χ3n) is 10.3. The minimum absolute atomic E-state index is 0.0174. The van der Waals surface area contributed by atoms with Gasteiger partial charge in [0, 0.05) is 55.0 Å². The fourth-order valence-electron chi connectivity index (χ4n) is 6.85. The number of pyridine rings is 4. The molecule has 0 fully saturated rings. The van der Waals surface area contributed by atoms with Gasteiger partial charge in [-0.05, 0) is 104 Å². The lowest BCUT2D eigenvalue weighted by atomic mass is 10.1. The molecule has 68 heavy (non-hydrogen) atoms. The van der Waals surface area contributed by atoms with Gasteiger partial charge in [-0.3, -0.25) is 19.6 Å². The maximum absolute atomic E-state index is 13.3. The Morgan fingerprint density at radius 1 is 0.721 bits per heavy atom. The van der Waals surface area contributed by atoms with Crippen LogP contribution in [0.4, 0.5) is 14.6 Å². The van der Waals surface area contributed by atoms with Crippen LogP contribution in [-0.4, -0.2) is 97.9 Å². The van der Waals surface area contributed by atoms with Gasteiger partial charge in [0.1, 0.15) is 17.5 Å². The average Bonchev–Trinajstić information content (AvgIpc) is 3.94. The largest absolute Gasteiger partial charge is 0.389 e. The highest BCUT2D eigenvalue weighted by molar-refractivity contribution is 7.90. The van der Waals surface area contributed by atoms with Crippen molar-refractivity contribution in [3.63, 3.8) is 0 Å². The number of aromatic nitrogens is 8. The Bertz CT molecular complexity index is 3380. The summed E-state index contributed by atoms with van der Waals surface area (Å²) in [6.07, 6.45) is 13.2. The number of sulfone groups is 2. The quantitative estimate of drug-likeness (QED) is 0.102. The molecule has 2 aromatic carbocycles. The molecule has 0 aliphatic heterocycles. The average molecular weight is 966 g/mol. The van der Waals surface area contributed by atoms with Crippen molar-refractivity contribution in [2.75, 3.05) is 24.4 Å². The summed E-state index contributed by atoms with van der Waals surface area (Å²) in [7, 11) is -7.09. The summed E-state index contributed by atoms with van der Waals surface area (Å²) in [5, 5.41) is 28.2. The Kier molecular flexibility index (Phi) is 14.0. The number of amides is 2. The van der Waals surface area contributed by atoms with Crippen molar-refractivity contribution in [3.8, 4) is 11.4 Å². The zero-order chi connectivity index (χ0) is 49.0. The fourth-order valence-corrected chi connectivity index (χ4v) is 8.08. The molecule has 8 aromatic rings. The summed E-state index contributed by atoms with van der Waals surface area (Å²) in [5.41, 5.74) is 3.11. The summed E-state index contributed by atoms with van der Waals surface area (Å²) < 4.78 is 77.6. The second-order valence-corrected chi connectivity index (χ2v) is 20.2. The zero-order valence-electron chi connectivity index (χ0n) is 37.2. The number of aliphatic hydroxyl groups is 1. The number of halogens is 2. The first-order chi connectivity index (χ1) is 32.2. The van der Waals surface area contributed by atoms with Crippen LogP contribution in [0.2, 0.25) is 0 Å². The number of anilines is 1. The molecule has 0 aliphatic carbocycles. The van der Waals surface area contributed by atoms with E-state index in [1.54, 1.807) is 78.2 Å². The smallest absolute Gasteiger partial charge is 0.254 e. The molecule has 0 aliphatic rings. The van der Waals surface area contributed by atoms with E-state index in [1.165, 1.54) is 61.2 Å². The molecule has 22 heteroatoms. The van der Waals surface area contributed by atoms with Gasteiger partial charge in [-0.2, -0.15) is 10.2 Å². The maximum Gasteiger partial charge on any atom is 0.254 e. The molecule has 352 valence electrons. The fraction of sp³-hybridized carbons (Fsp3) is 0.217. The number of carbonyl (C=O) groups excluding carboxylic acids is 2. The van der Waals surface area contributed by atoms with Gasteiger partial charge in [0.15, 0.2) is 29.7 Å². The summed E-state index contributed by atoms with van der Waals surface area (Å²) in [4.78, 5) is 42.5. The van der Waals surface area contributed by atoms with Crippen LogP contribution in [0, 0.1) is 11.6 Å². The van der Waals surface area contributed by atoms with Crippen molar-refractivity contribution in [2.45, 2.75) is 55.4 Å². The molecule has 6 aromatic heterocycles. The van der Waals surface area contributed by atoms with E-state index in [4.69, 9.17) is 0 Å². The highest BCUT2D eigenvalue weighted by Gasteiger charge is 2.22. The van der Waals surface area contributed by atoms with Gasteiger partial charge in [0.2, 0.25) is 0 Å². The molecule has 0 saturated carbocycles. The van der Waals surface area contributed by atoms with E-state index in [-0.39, 0.29) is 52.1 Å². The SMILES string of the molecule is CC(C)(O)CNc1cc(CNC(=O)c2cncc3c2cnn3-c2ccc(F)cc2)cc(S(C)(=O)=O)n1.CC[C@H](NC(=O)c1cncc2c1cnn2-c1ccc(F)cc1)c1ccnc(S(C)(=O)=O)c1. The van der Waals surface area contributed by atoms with Crippen molar-refractivity contribution in [3.05, 3.63) is 150 Å². The molecular weight excluding hydrogens is 921 g/mol. The Labute approximate surface area is 389 Å². The van der Waals surface area contributed by atoms with Crippen LogP contribution in [-0.2, 0) is 26.2 Å². The molecule has 0 unspecified atom stereocenters. The van der Waals surface area contributed by atoms with E-state index < -0.39 is 37.2 Å². The first-order valence-corrected chi connectivity index (χ1v) is 24.5. The van der Waals surface area contributed by atoms with E-state index >= 15 is 0 Å². The van der Waals surface area contributed by atoms with Gasteiger partial charge in [0.25, 0.3) is 11.8 Å². The summed E-state index contributed by atoms with van der Waals surface area (Å²) in [6, 6.07) is 17.3. The van der Waals surface area contributed by atoms with Crippen LogP contribution in [0.5, 0.6) is 0 Å². The van der Waals surface area contributed by atoms with Gasteiger partial charge in [-0.25, -0.2) is 44.9 Å². The number of rotatable bonds is 14.